The van der Waals surface area contributed by atoms with E-state index in [0.717, 1.165) is 11.1 Å². The summed E-state index contributed by atoms with van der Waals surface area (Å²) in [6, 6.07) is 13.5. The molecule has 0 radical (unpaired) electrons. The van der Waals surface area contributed by atoms with Gasteiger partial charge in [-0.25, -0.2) is 4.39 Å². The summed E-state index contributed by atoms with van der Waals surface area (Å²) in [5.41, 5.74) is 2.11. The van der Waals surface area contributed by atoms with Gasteiger partial charge in [-0.05, 0) is 24.1 Å². The maximum absolute atomic E-state index is 13.6. The Hall–Kier alpha value is -2.67. The van der Waals surface area contributed by atoms with Crippen LogP contribution in [0, 0.1) is 17.1 Å². The Kier molecular flexibility index (Phi) is 4.68. The van der Waals surface area contributed by atoms with Crippen LogP contribution in [0.15, 0.2) is 42.5 Å². The van der Waals surface area contributed by atoms with E-state index in [1.165, 1.54) is 6.07 Å². The minimum Gasteiger partial charge on any atom is -0.466 e. The van der Waals surface area contributed by atoms with Crippen molar-refractivity contribution in [2.45, 2.75) is 13.3 Å². The van der Waals surface area contributed by atoms with Crippen molar-refractivity contribution in [2.24, 2.45) is 0 Å². The molecule has 2 rings (SSSR count). The highest BCUT2D eigenvalue weighted by Gasteiger charge is 2.10. The lowest BCUT2D eigenvalue weighted by molar-refractivity contribution is -0.142. The number of hydrogen-bond acceptors (Lipinski definition) is 3. The van der Waals surface area contributed by atoms with Crippen molar-refractivity contribution in [3.63, 3.8) is 0 Å². The molecule has 0 aliphatic carbocycles. The Labute approximate surface area is 122 Å². The third-order valence-electron chi connectivity index (χ3n) is 3.04. The molecule has 0 aromatic heterocycles. The van der Waals surface area contributed by atoms with E-state index in [0.29, 0.717) is 12.2 Å². The van der Waals surface area contributed by atoms with E-state index in [1.807, 2.05) is 6.07 Å². The first-order valence-corrected chi connectivity index (χ1v) is 6.59. The minimum absolute atomic E-state index is 0.0237. The number of benzene rings is 2. The normalized spacial score (nSPS) is 9.95. The smallest absolute Gasteiger partial charge is 0.310 e. The van der Waals surface area contributed by atoms with Gasteiger partial charge in [0.15, 0.2) is 0 Å². The van der Waals surface area contributed by atoms with Gasteiger partial charge in [-0.3, -0.25) is 4.79 Å². The Morgan fingerprint density at radius 1 is 1.24 bits per heavy atom. The first-order valence-electron chi connectivity index (χ1n) is 6.59. The third-order valence-corrected chi connectivity index (χ3v) is 3.04. The lowest BCUT2D eigenvalue weighted by Crippen LogP contribution is -2.07. The summed E-state index contributed by atoms with van der Waals surface area (Å²) in [5, 5.41) is 9.04. The van der Waals surface area contributed by atoms with Crippen LogP contribution in [0.4, 0.5) is 4.39 Å². The molecular weight excluding hydrogens is 269 g/mol. The van der Waals surface area contributed by atoms with Crippen molar-refractivity contribution in [3.05, 3.63) is 59.4 Å². The first-order chi connectivity index (χ1) is 10.2. The molecule has 0 spiro atoms. The summed E-state index contributed by atoms with van der Waals surface area (Å²) in [7, 11) is 0. The predicted molar refractivity (Wildman–Crippen MR) is 76.9 cm³/mol. The number of ether oxygens (including phenoxy) is 1. The molecule has 0 amide bonds. The van der Waals surface area contributed by atoms with Crippen LogP contribution in [0.25, 0.3) is 11.1 Å². The van der Waals surface area contributed by atoms with Crippen molar-refractivity contribution >= 4 is 5.97 Å². The van der Waals surface area contributed by atoms with Gasteiger partial charge in [-0.15, -0.1) is 0 Å². The number of carbonyl (C=O) groups excluding carboxylic acids is 1. The summed E-state index contributed by atoms with van der Waals surface area (Å²) in [5.74, 6) is -0.820. The zero-order chi connectivity index (χ0) is 15.2. The monoisotopic (exact) mass is 283 g/mol. The molecule has 0 N–H and O–H groups in total. The van der Waals surface area contributed by atoms with E-state index in [1.54, 1.807) is 43.3 Å². The summed E-state index contributed by atoms with van der Waals surface area (Å²) >= 11 is 0. The van der Waals surface area contributed by atoms with Gasteiger partial charge < -0.3 is 4.74 Å². The second kappa shape index (κ2) is 6.67. The second-order valence-corrected chi connectivity index (χ2v) is 4.45. The average molecular weight is 283 g/mol. The van der Waals surface area contributed by atoms with Crippen LogP contribution in [-0.2, 0) is 16.0 Å². The van der Waals surface area contributed by atoms with Gasteiger partial charge in [0.25, 0.3) is 0 Å². The number of carbonyl (C=O) groups is 1. The third kappa shape index (κ3) is 3.46. The molecule has 3 nitrogen and oxygen atoms in total. The van der Waals surface area contributed by atoms with Crippen LogP contribution in [0.5, 0.6) is 0 Å². The first kappa shape index (κ1) is 14.7. The lowest BCUT2D eigenvalue weighted by Gasteiger charge is -2.07. The molecular formula is C17H14FNO2. The quantitative estimate of drug-likeness (QED) is 0.807. The van der Waals surface area contributed by atoms with E-state index >= 15 is 0 Å². The highest BCUT2D eigenvalue weighted by Crippen LogP contribution is 2.25. The van der Waals surface area contributed by atoms with Gasteiger partial charge in [0.2, 0.25) is 0 Å². The molecule has 0 fully saturated rings. The van der Waals surface area contributed by atoms with Crippen molar-refractivity contribution in [1.29, 1.82) is 5.26 Å². The number of hydrogen-bond donors (Lipinski definition) is 0. The molecule has 0 aliphatic rings. The van der Waals surface area contributed by atoms with Crippen LogP contribution < -0.4 is 0 Å². The fourth-order valence-electron chi connectivity index (χ4n) is 2.06. The highest BCUT2D eigenvalue weighted by atomic mass is 19.1. The summed E-state index contributed by atoms with van der Waals surface area (Å²) in [6.45, 7) is 2.11. The van der Waals surface area contributed by atoms with Gasteiger partial charge in [0, 0.05) is 5.56 Å². The van der Waals surface area contributed by atoms with Gasteiger partial charge in [0.05, 0.1) is 18.6 Å². The average Bonchev–Trinajstić information content (AvgIpc) is 2.48. The Morgan fingerprint density at radius 2 is 1.95 bits per heavy atom. The summed E-state index contributed by atoms with van der Waals surface area (Å²) in [4.78, 5) is 11.4. The molecule has 0 unspecified atom stereocenters. The van der Waals surface area contributed by atoms with E-state index in [9.17, 15) is 9.18 Å². The molecule has 21 heavy (non-hydrogen) atoms. The predicted octanol–water partition coefficient (Wildman–Crippen LogP) is 3.47. The summed E-state index contributed by atoms with van der Waals surface area (Å²) in [6.07, 6.45) is 0.197. The maximum atomic E-state index is 13.6. The van der Waals surface area contributed by atoms with Gasteiger partial charge in [-0.2, -0.15) is 5.26 Å². The Balaban J connectivity index is 2.26. The van der Waals surface area contributed by atoms with Crippen LogP contribution in [0.3, 0.4) is 0 Å². The minimum atomic E-state index is -0.536. The van der Waals surface area contributed by atoms with E-state index in [-0.39, 0.29) is 18.0 Å². The van der Waals surface area contributed by atoms with Gasteiger partial charge in [-0.1, -0.05) is 36.4 Å². The van der Waals surface area contributed by atoms with Crippen molar-refractivity contribution in [2.75, 3.05) is 6.61 Å². The highest BCUT2D eigenvalue weighted by molar-refractivity contribution is 5.74. The van der Waals surface area contributed by atoms with Crippen molar-refractivity contribution in [1.82, 2.24) is 0 Å². The standard InChI is InChI=1S/C17H14FNO2/c1-2-21-17(20)10-12-6-8-13(9-7-12)14-4-3-5-16(18)15(14)11-19/h3-9H,2,10H2,1H3. The molecule has 106 valence electrons. The number of rotatable bonds is 4. The van der Waals surface area contributed by atoms with Gasteiger partial charge >= 0.3 is 5.97 Å². The number of nitrogens with zero attached hydrogens (tertiary/aromatic N) is 1. The van der Waals surface area contributed by atoms with E-state index < -0.39 is 5.82 Å². The Morgan fingerprint density at radius 3 is 2.57 bits per heavy atom. The van der Waals surface area contributed by atoms with E-state index in [2.05, 4.69) is 0 Å². The van der Waals surface area contributed by atoms with E-state index in [4.69, 9.17) is 10.00 Å². The molecule has 0 aliphatic heterocycles. The maximum Gasteiger partial charge on any atom is 0.310 e. The zero-order valence-electron chi connectivity index (χ0n) is 11.6. The van der Waals surface area contributed by atoms with Crippen molar-refractivity contribution < 1.29 is 13.9 Å². The zero-order valence-corrected chi connectivity index (χ0v) is 11.6. The number of halogens is 1. The number of esters is 1. The van der Waals surface area contributed by atoms with Crippen LogP contribution >= 0.6 is 0 Å². The molecule has 0 atom stereocenters. The fraction of sp³-hybridized carbons (Fsp3) is 0.176. The number of nitriles is 1. The molecule has 2 aromatic rings. The molecule has 0 bridgehead atoms. The topological polar surface area (TPSA) is 50.1 Å². The SMILES string of the molecule is CCOC(=O)Cc1ccc(-c2cccc(F)c2C#N)cc1. The molecule has 2 aromatic carbocycles. The van der Waals surface area contributed by atoms with Crippen LogP contribution in [-0.4, -0.2) is 12.6 Å². The fourth-order valence-corrected chi connectivity index (χ4v) is 2.06. The molecule has 0 heterocycles. The summed E-state index contributed by atoms with van der Waals surface area (Å²) < 4.78 is 18.5. The van der Waals surface area contributed by atoms with Crippen LogP contribution in [0.2, 0.25) is 0 Å². The van der Waals surface area contributed by atoms with Gasteiger partial charge in [0.1, 0.15) is 11.9 Å². The molecule has 0 saturated carbocycles. The van der Waals surface area contributed by atoms with Crippen LogP contribution in [0.1, 0.15) is 18.1 Å². The Bertz CT molecular complexity index is 687. The van der Waals surface area contributed by atoms with Crippen molar-refractivity contribution in [3.8, 4) is 17.2 Å². The second-order valence-electron chi connectivity index (χ2n) is 4.45. The molecule has 4 heteroatoms. The molecule has 0 saturated heterocycles. The lowest BCUT2D eigenvalue weighted by atomic mass is 9.98. The largest absolute Gasteiger partial charge is 0.466 e.